The van der Waals surface area contributed by atoms with Crippen LogP contribution in [-0.2, 0) is 14.1 Å². The van der Waals surface area contributed by atoms with Crippen molar-refractivity contribution in [2.45, 2.75) is 25.9 Å². The number of hydrogen-bond acceptors (Lipinski definition) is 4. The van der Waals surface area contributed by atoms with Gasteiger partial charge in [0.15, 0.2) is 0 Å². The third kappa shape index (κ3) is 1.47. The van der Waals surface area contributed by atoms with Gasteiger partial charge in [-0.1, -0.05) is 0 Å². The lowest BCUT2D eigenvalue weighted by molar-refractivity contribution is 0.552. The Kier molecular flexibility index (Phi) is 2.52. The van der Waals surface area contributed by atoms with Gasteiger partial charge < -0.3 is 10.2 Å². The van der Waals surface area contributed by atoms with Crippen LogP contribution in [0.4, 0.5) is 11.5 Å². The number of nitrogens with zero attached hydrogens (tertiary/aromatic N) is 3. The molecule has 0 aliphatic carbocycles. The number of likely N-dealkylation sites (N-methyl/N-ethyl adjacent to an activating group) is 1. The summed E-state index contributed by atoms with van der Waals surface area (Å²) < 4.78 is 2.63. The largest absolute Gasteiger partial charge is 0.373 e. The van der Waals surface area contributed by atoms with E-state index in [9.17, 15) is 9.59 Å². The summed E-state index contributed by atoms with van der Waals surface area (Å²) in [5.74, 6) is 0.656. The van der Waals surface area contributed by atoms with E-state index in [4.69, 9.17) is 0 Å². The molecule has 1 N–H and O–H groups in total. The van der Waals surface area contributed by atoms with Crippen LogP contribution in [-0.4, -0.2) is 28.3 Å². The van der Waals surface area contributed by atoms with Gasteiger partial charge in [0.25, 0.3) is 5.56 Å². The van der Waals surface area contributed by atoms with Crippen molar-refractivity contribution in [1.29, 1.82) is 0 Å². The van der Waals surface area contributed by atoms with E-state index in [1.165, 1.54) is 11.6 Å². The average Bonchev–Trinajstić information content (AvgIpc) is 2.30. The van der Waals surface area contributed by atoms with E-state index in [0.717, 1.165) is 4.57 Å². The lowest BCUT2D eigenvalue weighted by atomic mass is 10.1. The number of anilines is 2. The van der Waals surface area contributed by atoms with Crippen LogP contribution in [0.15, 0.2) is 9.59 Å². The highest BCUT2D eigenvalue weighted by Gasteiger charge is 2.30. The third-order valence-electron chi connectivity index (χ3n) is 3.67. The molecule has 17 heavy (non-hydrogen) atoms. The van der Waals surface area contributed by atoms with Gasteiger partial charge in [-0.25, -0.2) is 4.79 Å². The fourth-order valence-electron chi connectivity index (χ4n) is 2.25. The molecule has 0 spiro atoms. The van der Waals surface area contributed by atoms with E-state index in [1.807, 2.05) is 18.9 Å². The summed E-state index contributed by atoms with van der Waals surface area (Å²) in [6.07, 6.45) is 0. The molecule has 0 fully saturated rings. The zero-order valence-electron chi connectivity index (χ0n) is 10.8. The lowest BCUT2D eigenvalue weighted by Crippen LogP contribution is -2.52. The van der Waals surface area contributed by atoms with Gasteiger partial charge in [-0.2, -0.15) is 0 Å². The molecule has 2 rings (SSSR count). The second kappa shape index (κ2) is 3.65. The fraction of sp³-hybridized carbons (Fsp3) is 0.636. The van der Waals surface area contributed by atoms with Gasteiger partial charge in [0.05, 0.1) is 0 Å². The zero-order valence-corrected chi connectivity index (χ0v) is 10.8. The van der Waals surface area contributed by atoms with Gasteiger partial charge in [-0.05, 0) is 13.8 Å². The van der Waals surface area contributed by atoms with E-state index in [2.05, 4.69) is 12.2 Å². The van der Waals surface area contributed by atoms with Gasteiger partial charge in [0, 0.05) is 33.2 Å². The van der Waals surface area contributed by atoms with Gasteiger partial charge >= 0.3 is 5.69 Å². The first kappa shape index (κ1) is 11.8. The smallest absolute Gasteiger partial charge is 0.332 e. The van der Waals surface area contributed by atoms with Crippen LogP contribution in [0.2, 0.25) is 0 Å². The van der Waals surface area contributed by atoms with Crippen molar-refractivity contribution in [3.8, 4) is 0 Å². The van der Waals surface area contributed by atoms with Crippen LogP contribution in [0.5, 0.6) is 0 Å². The Morgan fingerprint density at radius 2 is 1.65 bits per heavy atom. The number of aromatic nitrogens is 2. The van der Waals surface area contributed by atoms with E-state index in [0.29, 0.717) is 11.5 Å². The molecule has 6 nitrogen and oxygen atoms in total. The van der Waals surface area contributed by atoms with Crippen molar-refractivity contribution >= 4 is 11.5 Å². The monoisotopic (exact) mass is 238 g/mol. The highest BCUT2D eigenvalue weighted by molar-refractivity contribution is 5.68. The minimum atomic E-state index is -0.302. The number of hydrogen-bond donors (Lipinski definition) is 1. The standard InChI is InChI=1S/C11H18N4O2/c1-6-7(2)13(3)9-8(12-6)10(16)15(5)11(17)14(9)4/h6-7,12H,1-5H3. The van der Waals surface area contributed by atoms with Crippen LogP contribution < -0.4 is 21.5 Å². The predicted octanol–water partition coefficient (Wildman–Crippen LogP) is -0.277. The van der Waals surface area contributed by atoms with Gasteiger partial charge in [0.1, 0.15) is 11.5 Å². The maximum atomic E-state index is 12.0. The SMILES string of the molecule is CC1Nc2c(n(C)c(=O)n(C)c2=O)N(C)C1C. The van der Waals surface area contributed by atoms with Crippen molar-refractivity contribution in [2.24, 2.45) is 14.1 Å². The molecule has 2 atom stereocenters. The molecule has 0 saturated carbocycles. The summed E-state index contributed by atoms with van der Waals surface area (Å²) in [5, 5.41) is 3.18. The second-order valence-corrected chi connectivity index (χ2v) is 4.69. The summed E-state index contributed by atoms with van der Waals surface area (Å²) in [7, 11) is 5.08. The Labute approximate surface area is 99.5 Å². The molecule has 1 aliphatic heterocycles. The molecular weight excluding hydrogens is 220 g/mol. The maximum Gasteiger partial charge on any atom is 0.332 e. The van der Waals surface area contributed by atoms with Crippen molar-refractivity contribution in [3.63, 3.8) is 0 Å². The molecule has 1 aromatic heterocycles. The summed E-state index contributed by atoms with van der Waals surface area (Å²) in [6.45, 7) is 4.08. The van der Waals surface area contributed by atoms with Gasteiger partial charge in [0.2, 0.25) is 0 Å². The van der Waals surface area contributed by atoms with Crippen LogP contribution in [0, 0.1) is 0 Å². The molecule has 2 unspecified atom stereocenters. The Morgan fingerprint density at radius 3 is 2.24 bits per heavy atom. The van der Waals surface area contributed by atoms with Crippen molar-refractivity contribution in [3.05, 3.63) is 20.8 Å². The Morgan fingerprint density at radius 1 is 1.06 bits per heavy atom. The number of fused-ring (bicyclic) bond motifs is 1. The zero-order chi connectivity index (χ0) is 12.9. The molecule has 0 saturated heterocycles. The molecule has 1 aromatic rings. The van der Waals surface area contributed by atoms with Crippen molar-refractivity contribution in [1.82, 2.24) is 9.13 Å². The summed E-state index contributed by atoms with van der Waals surface area (Å²) in [5.41, 5.74) is -0.0689. The lowest BCUT2D eigenvalue weighted by Gasteiger charge is -2.39. The molecule has 1 aliphatic rings. The minimum absolute atomic E-state index is 0.165. The summed E-state index contributed by atoms with van der Waals surface area (Å²) in [6, 6.07) is 0.387. The van der Waals surface area contributed by atoms with E-state index in [1.54, 1.807) is 7.05 Å². The Hall–Kier alpha value is -1.72. The molecule has 0 radical (unpaired) electrons. The molecule has 0 aromatic carbocycles. The molecule has 6 heteroatoms. The van der Waals surface area contributed by atoms with E-state index < -0.39 is 0 Å². The number of rotatable bonds is 0. The normalized spacial score (nSPS) is 23.2. The number of nitrogens with one attached hydrogen (secondary N) is 1. The van der Waals surface area contributed by atoms with Crippen LogP contribution in [0.25, 0.3) is 0 Å². The van der Waals surface area contributed by atoms with Crippen LogP contribution in [0.3, 0.4) is 0 Å². The summed E-state index contributed by atoms with van der Waals surface area (Å²) in [4.78, 5) is 25.9. The average molecular weight is 238 g/mol. The highest BCUT2D eigenvalue weighted by Crippen LogP contribution is 2.27. The Balaban J connectivity index is 2.82. The maximum absolute atomic E-state index is 12.0. The highest BCUT2D eigenvalue weighted by atomic mass is 16.2. The van der Waals surface area contributed by atoms with Gasteiger partial charge in [-0.3, -0.25) is 13.9 Å². The quantitative estimate of drug-likeness (QED) is 0.675. The first-order valence-corrected chi connectivity index (χ1v) is 5.65. The van der Waals surface area contributed by atoms with Crippen LogP contribution in [0.1, 0.15) is 13.8 Å². The van der Waals surface area contributed by atoms with Crippen LogP contribution >= 0.6 is 0 Å². The molecule has 0 bridgehead atoms. The van der Waals surface area contributed by atoms with Gasteiger partial charge in [-0.15, -0.1) is 0 Å². The fourth-order valence-corrected chi connectivity index (χ4v) is 2.25. The predicted molar refractivity (Wildman–Crippen MR) is 67.9 cm³/mol. The van der Waals surface area contributed by atoms with Crippen molar-refractivity contribution < 1.29 is 0 Å². The third-order valence-corrected chi connectivity index (χ3v) is 3.67. The molecule has 0 amide bonds. The second-order valence-electron chi connectivity index (χ2n) is 4.69. The minimum Gasteiger partial charge on any atom is -0.373 e. The van der Waals surface area contributed by atoms with E-state index >= 15 is 0 Å². The molecule has 2 heterocycles. The topological polar surface area (TPSA) is 59.3 Å². The summed E-state index contributed by atoms with van der Waals surface area (Å²) >= 11 is 0. The van der Waals surface area contributed by atoms with E-state index in [-0.39, 0.29) is 23.3 Å². The Bertz CT molecular complexity index is 572. The molecular formula is C11H18N4O2. The first-order valence-electron chi connectivity index (χ1n) is 5.65. The molecule has 94 valence electrons. The van der Waals surface area contributed by atoms with Crippen molar-refractivity contribution in [2.75, 3.05) is 17.3 Å². The first-order chi connectivity index (χ1) is 7.86.